The van der Waals surface area contributed by atoms with Crippen LogP contribution in [0.25, 0.3) is 17.2 Å². The molecule has 0 radical (unpaired) electrons. The second-order valence-corrected chi connectivity index (χ2v) is 3.22. The Labute approximate surface area is 89.6 Å². The Morgan fingerprint density at radius 2 is 1.94 bits per heavy atom. The van der Waals surface area contributed by atoms with Gasteiger partial charge in [0.15, 0.2) is 11.5 Å². The van der Waals surface area contributed by atoms with Gasteiger partial charge in [-0.25, -0.2) is 19.5 Å². The van der Waals surface area contributed by atoms with E-state index in [-0.39, 0.29) is 5.56 Å². The summed E-state index contributed by atoms with van der Waals surface area (Å²) in [4.78, 5) is 23.7. The monoisotopic (exact) mass is 213 g/mol. The van der Waals surface area contributed by atoms with Gasteiger partial charge in [0.25, 0.3) is 5.56 Å². The Bertz CT molecular complexity index is 685. The van der Waals surface area contributed by atoms with Gasteiger partial charge in [-0.3, -0.25) is 9.89 Å². The SMILES string of the molecule is O=c1ccnc2cc(-c3ncccn3)[nH]n12. The molecule has 0 unspecified atom stereocenters. The number of H-pyrrole nitrogens is 1. The molecule has 0 saturated carbocycles. The van der Waals surface area contributed by atoms with Crippen LogP contribution in [0, 0.1) is 0 Å². The number of nitrogens with zero attached hydrogens (tertiary/aromatic N) is 4. The van der Waals surface area contributed by atoms with Gasteiger partial charge >= 0.3 is 0 Å². The van der Waals surface area contributed by atoms with Gasteiger partial charge in [0, 0.05) is 30.7 Å². The molecule has 0 fully saturated rings. The second-order valence-electron chi connectivity index (χ2n) is 3.22. The average Bonchev–Trinajstić information content (AvgIpc) is 2.76. The summed E-state index contributed by atoms with van der Waals surface area (Å²) in [6.07, 6.45) is 4.76. The van der Waals surface area contributed by atoms with Gasteiger partial charge in [0.1, 0.15) is 5.69 Å². The van der Waals surface area contributed by atoms with E-state index in [0.29, 0.717) is 17.2 Å². The van der Waals surface area contributed by atoms with E-state index in [9.17, 15) is 4.79 Å². The number of nitrogens with one attached hydrogen (secondary N) is 1. The van der Waals surface area contributed by atoms with E-state index in [1.807, 2.05) is 0 Å². The topological polar surface area (TPSA) is 75.9 Å². The van der Waals surface area contributed by atoms with Gasteiger partial charge in [-0.2, -0.15) is 0 Å². The van der Waals surface area contributed by atoms with Crippen molar-refractivity contribution in [2.24, 2.45) is 0 Å². The molecule has 0 saturated heterocycles. The summed E-state index contributed by atoms with van der Waals surface area (Å²) in [6, 6.07) is 4.85. The lowest BCUT2D eigenvalue weighted by atomic mass is 10.4. The van der Waals surface area contributed by atoms with Crippen molar-refractivity contribution in [1.82, 2.24) is 24.6 Å². The third-order valence-electron chi connectivity index (χ3n) is 2.19. The molecule has 0 atom stereocenters. The number of fused-ring (bicyclic) bond motifs is 1. The van der Waals surface area contributed by atoms with Crippen LogP contribution >= 0.6 is 0 Å². The molecular weight excluding hydrogens is 206 g/mol. The Kier molecular flexibility index (Phi) is 1.79. The lowest BCUT2D eigenvalue weighted by Crippen LogP contribution is -2.12. The first-order chi connectivity index (χ1) is 7.84. The van der Waals surface area contributed by atoms with E-state index in [0.717, 1.165) is 0 Å². The normalized spacial score (nSPS) is 10.8. The predicted molar refractivity (Wildman–Crippen MR) is 56.8 cm³/mol. The summed E-state index contributed by atoms with van der Waals surface area (Å²) in [7, 11) is 0. The van der Waals surface area contributed by atoms with Gasteiger partial charge in [0.05, 0.1) is 0 Å². The Hall–Kier alpha value is -2.50. The highest BCUT2D eigenvalue weighted by molar-refractivity contribution is 5.56. The summed E-state index contributed by atoms with van der Waals surface area (Å²) in [6.45, 7) is 0. The van der Waals surface area contributed by atoms with Crippen molar-refractivity contribution < 1.29 is 0 Å². The van der Waals surface area contributed by atoms with Gasteiger partial charge < -0.3 is 0 Å². The minimum Gasteiger partial charge on any atom is -0.286 e. The lowest BCUT2D eigenvalue weighted by molar-refractivity contribution is 0.897. The zero-order chi connectivity index (χ0) is 11.0. The first-order valence-electron chi connectivity index (χ1n) is 4.69. The first-order valence-corrected chi connectivity index (χ1v) is 4.69. The van der Waals surface area contributed by atoms with Crippen molar-refractivity contribution >= 4 is 5.65 Å². The lowest BCUT2D eigenvalue weighted by Gasteiger charge is -1.92. The molecule has 0 aliphatic carbocycles. The number of aromatic amines is 1. The van der Waals surface area contributed by atoms with Gasteiger partial charge in [-0.1, -0.05) is 0 Å². The number of rotatable bonds is 1. The van der Waals surface area contributed by atoms with Crippen molar-refractivity contribution in [3.8, 4) is 11.5 Å². The fourth-order valence-electron chi connectivity index (χ4n) is 1.47. The molecule has 6 nitrogen and oxygen atoms in total. The fourth-order valence-corrected chi connectivity index (χ4v) is 1.47. The largest absolute Gasteiger partial charge is 0.286 e. The Balaban J connectivity index is 2.28. The van der Waals surface area contributed by atoms with Crippen LogP contribution in [-0.4, -0.2) is 24.6 Å². The van der Waals surface area contributed by atoms with Gasteiger partial charge in [0.2, 0.25) is 0 Å². The first kappa shape index (κ1) is 8.78. The molecule has 1 N–H and O–H groups in total. The summed E-state index contributed by atoms with van der Waals surface area (Å²) in [5, 5.41) is 2.90. The number of hydrogen-bond donors (Lipinski definition) is 1. The molecule has 0 aliphatic rings. The number of hydrogen-bond acceptors (Lipinski definition) is 4. The highest BCUT2D eigenvalue weighted by Crippen LogP contribution is 2.11. The molecule has 0 amide bonds. The number of aromatic nitrogens is 5. The maximum Gasteiger partial charge on any atom is 0.272 e. The fraction of sp³-hybridized carbons (Fsp3) is 0. The molecule has 0 spiro atoms. The van der Waals surface area contributed by atoms with Crippen LogP contribution in [0.15, 0.2) is 41.6 Å². The quantitative estimate of drug-likeness (QED) is 0.637. The van der Waals surface area contributed by atoms with Crippen LogP contribution in [-0.2, 0) is 0 Å². The summed E-state index contributed by atoms with van der Waals surface area (Å²) in [5.74, 6) is 0.535. The molecule has 6 heteroatoms. The molecule has 16 heavy (non-hydrogen) atoms. The van der Waals surface area contributed by atoms with Crippen LogP contribution in [0.5, 0.6) is 0 Å². The van der Waals surface area contributed by atoms with Crippen LogP contribution in [0.4, 0.5) is 0 Å². The third kappa shape index (κ3) is 1.28. The summed E-state index contributed by atoms with van der Waals surface area (Å²) >= 11 is 0. The van der Waals surface area contributed by atoms with Crippen molar-refractivity contribution in [2.75, 3.05) is 0 Å². The molecule has 3 rings (SSSR count). The highest BCUT2D eigenvalue weighted by Gasteiger charge is 2.06. The average molecular weight is 213 g/mol. The van der Waals surface area contributed by atoms with E-state index in [4.69, 9.17) is 0 Å². The molecule has 78 valence electrons. The molecule has 0 aliphatic heterocycles. The molecule has 0 bridgehead atoms. The summed E-state index contributed by atoms with van der Waals surface area (Å²) in [5.41, 5.74) is 1.05. The third-order valence-corrected chi connectivity index (χ3v) is 2.19. The summed E-state index contributed by atoms with van der Waals surface area (Å²) < 4.78 is 1.35. The molecular formula is C10H7N5O. The van der Waals surface area contributed by atoms with Gasteiger partial charge in [-0.05, 0) is 6.07 Å². The molecule has 3 heterocycles. The standard InChI is InChI=1S/C10H7N5O/c16-9-2-5-11-8-6-7(14-15(8)9)10-12-3-1-4-13-10/h1-6,14H. The molecule has 3 aromatic heterocycles. The minimum absolute atomic E-state index is 0.160. The maximum absolute atomic E-state index is 11.5. The van der Waals surface area contributed by atoms with E-state index < -0.39 is 0 Å². The predicted octanol–water partition coefficient (Wildman–Crippen LogP) is 0.480. The maximum atomic E-state index is 11.5. The van der Waals surface area contributed by atoms with E-state index in [2.05, 4.69) is 20.1 Å². The van der Waals surface area contributed by atoms with Crippen molar-refractivity contribution in [3.05, 3.63) is 47.1 Å². The zero-order valence-electron chi connectivity index (χ0n) is 8.16. The van der Waals surface area contributed by atoms with Crippen LogP contribution in [0.3, 0.4) is 0 Å². The zero-order valence-corrected chi connectivity index (χ0v) is 8.16. The highest BCUT2D eigenvalue weighted by atomic mass is 16.1. The smallest absolute Gasteiger partial charge is 0.272 e. The van der Waals surface area contributed by atoms with Crippen LogP contribution < -0.4 is 5.56 Å². The van der Waals surface area contributed by atoms with E-state index in [1.165, 1.54) is 16.8 Å². The van der Waals surface area contributed by atoms with Crippen LogP contribution in [0.1, 0.15) is 0 Å². The molecule has 0 aromatic carbocycles. The Morgan fingerprint density at radius 3 is 2.69 bits per heavy atom. The van der Waals surface area contributed by atoms with Crippen molar-refractivity contribution in [1.29, 1.82) is 0 Å². The van der Waals surface area contributed by atoms with Gasteiger partial charge in [-0.15, -0.1) is 0 Å². The Morgan fingerprint density at radius 1 is 1.12 bits per heavy atom. The van der Waals surface area contributed by atoms with E-state index in [1.54, 1.807) is 24.5 Å². The molecule has 3 aromatic rings. The second kappa shape index (κ2) is 3.27. The van der Waals surface area contributed by atoms with Crippen molar-refractivity contribution in [2.45, 2.75) is 0 Å². The van der Waals surface area contributed by atoms with E-state index >= 15 is 0 Å². The van der Waals surface area contributed by atoms with Crippen LogP contribution in [0.2, 0.25) is 0 Å². The van der Waals surface area contributed by atoms with Crippen molar-refractivity contribution in [3.63, 3.8) is 0 Å². The minimum atomic E-state index is -0.160.